The first-order valence-electron chi connectivity index (χ1n) is 10.4. The van der Waals surface area contributed by atoms with Crippen LogP contribution in [-0.4, -0.2) is 50.0 Å². The minimum absolute atomic E-state index is 0.00725. The molecule has 0 spiro atoms. The number of nitrogens with one attached hydrogen (secondary N) is 1. The summed E-state index contributed by atoms with van der Waals surface area (Å²) in [6.45, 7) is 5.30. The Morgan fingerprint density at radius 3 is 2.93 bits per heavy atom. The molecule has 0 radical (unpaired) electrons. The van der Waals surface area contributed by atoms with E-state index in [9.17, 15) is 4.79 Å². The molecule has 4 rings (SSSR count). The van der Waals surface area contributed by atoms with Crippen molar-refractivity contribution in [1.82, 2.24) is 10.3 Å². The Hall–Kier alpha value is -2.40. The molecule has 2 aliphatic heterocycles. The van der Waals surface area contributed by atoms with Gasteiger partial charge in [0.05, 0.1) is 17.9 Å². The van der Waals surface area contributed by atoms with Crippen LogP contribution in [0.3, 0.4) is 0 Å². The van der Waals surface area contributed by atoms with Crippen LogP contribution in [0, 0.1) is 0 Å². The zero-order valence-corrected chi connectivity index (χ0v) is 16.9. The SMILES string of the molecule is CCNC[C@@H]1CCCN1c1cncc(-c2ccc3c(c2)CCC(C=O)N3C)c1. The first-order chi connectivity index (χ1) is 13.7. The number of hydrogen-bond acceptors (Lipinski definition) is 5. The molecule has 148 valence electrons. The van der Waals surface area contributed by atoms with Gasteiger partial charge in [0, 0.05) is 43.6 Å². The second kappa shape index (κ2) is 8.31. The van der Waals surface area contributed by atoms with Gasteiger partial charge in [-0.3, -0.25) is 4.98 Å². The number of fused-ring (bicyclic) bond motifs is 1. The third-order valence-corrected chi connectivity index (χ3v) is 6.22. The largest absolute Gasteiger partial charge is 0.366 e. The van der Waals surface area contributed by atoms with E-state index in [4.69, 9.17) is 0 Å². The summed E-state index contributed by atoms with van der Waals surface area (Å²) in [7, 11) is 2.01. The molecule has 5 nitrogen and oxygen atoms in total. The summed E-state index contributed by atoms with van der Waals surface area (Å²) < 4.78 is 0. The van der Waals surface area contributed by atoms with Crippen LogP contribution in [0.1, 0.15) is 31.7 Å². The Labute approximate surface area is 167 Å². The van der Waals surface area contributed by atoms with Gasteiger partial charge in [-0.25, -0.2) is 0 Å². The number of carbonyl (C=O) groups excluding carboxylic acids is 1. The summed E-state index contributed by atoms with van der Waals surface area (Å²) in [6.07, 6.45) is 9.32. The Balaban J connectivity index is 1.59. The molecule has 0 aliphatic carbocycles. The van der Waals surface area contributed by atoms with Crippen molar-refractivity contribution < 1.29 is 4.79 Å². The second-order valence-corrected chi connectivity index (χ2v) is 7.93. The summed E-state index contributed by atoms with van der Waals surface area (Å²) in [4.78, 5) is 20.4. The minimum atomic E-state index is -0.00725. The quantitative estimate of drug-likeness (QED) is 0.782. The topological polar surface area (TPSA) is 48.5 Å². The number of aldehydes is 1. The van der Waals surface area contributed by atoms with Crippen LogP contribution in [0.15, 0.2) is 36.7 Å². The van der Waals surface area contributed by atoms with Gasteiger partial charge in [-0.2, -0.15) is 0 Å². The molecular formula is C23H30N4O. The highest BCUT2D eigenvalue weighted by molar-refractivity contribution is 5.75. The number of carbonyl (C=O) groups is 1. The van der Waals surface area contributed by atoms with Crippen molar-refractivity contribution in [1.29, 1.82) is 0 Å². The Morgan fingerprint density at radius 1 is 1.21 bits per heavy atom. The highest BCUT2D eigenvalue weighted by Gasteiger charge is 2.25. The lowest BCUT2D eigenvalue weighted by atomic mass is 9.93. The normalized spacial score (nSPS) is 21.6. The lowest BCUT2D eigenvalue weighted by molar-refractivity contribution is -0.109. The number of hydrogen-bond donors (Lipinski definition) is 1. The molecule has 2 aliphatic rings. The molecule has 5 heteroatoms. The van der Waals surface area contributed by atoms with Crippen LogP contribution in [0.4, 0.5) is 11.4 Å². The van der Waals surface area contributed by atoms with Crippen molar-refractivity contribution in [2.45, 2.75) is 44.7 Å². The molecule has 2 aromatic rings. The van der Waals surface area contributed by atoms with E-state index in [1.807, 2.05) is 19.4 Å². The minimum Gasteiger partial charge on any atom is -0.366 e. The van der Waals surface area contributed by atoms with Crippen LogP contribution in [-0.2, 0) is 11.2 Å². The standard InChI is InChI=1S/C23H30N4O/c1-3-24-14-20-5-4-10-27(20)22-12-19(13-25-15-22)17-7-9-23-18(11-17)6-8-21(16-28)26(23)2/h7,9,11-13,15-16,20-21,24H,3-6,8,10,14H2,1-2H3/t20-,21?/m0/s1. The molecule has 28 heavy (non-hydrogen) atoms. The zero-order chi connectivity index (χ0) is 19.5. The number of pyridine rings is 1. The average molecular weight is 379 g/mol. The molecule has 1 unspecified atom stereocenters. The van der Waals surface area contributed by atoms with E-state index in [1.54, 1.807) is 0 Å². The van der Waals surface area contributed by atoms with E-state index < -0.39 is 0 Å². The van der Waals surface area contributed by atoms with E-state index in [-0.39, 0.29) is 6.04 Å². The lowest BCUT2D eigenvalue weighted by Gasteiger charge is -2.33. The van der Waals surface area contributed by atoms with Crippen molar-refractivity contribution in [3.05, 3.63) is 42.2 Å². The van der Waals surface area contributed by atoms with Crippen molar-refractivity contribution in [2.24, 2.45) is 0 Å². The number of anilines is 2. The molecule has 1 saturated heterocycles. The summed E-state index contributed by atoms with van der Waals surface area (Å²) >= 11 is 0. The third-order valence-electron chi connectivity index (χ3n) is 6.22. The number of likely N-dealkylation sites (N-methyl/N-ethyl adjacent to an activating group) is 2. The van der Waals surface area contributed by atoms with Crippen LogP contribution in [0.2, 0.25) is 0 Å². The molecular weight excluding hydrogens is 348 g/mol. The van der Waals surface area contributed by atoms with E-state index in [1.165, 1.54) is 35.3 Å². The van der Waals surface area contributed by atoms with Crippen LogP contribution >= 0.6 is 0 Å². The molecule has 2 atom stereocenters. The highest BCUT2D eigenvalue weighted by Crippen LogP contribution is 2.34. The van der Waals surface area contributed by atoms with E-state index in [0.717, 1.165) is 44.3 Å². The lowest BCUT2D eigenvalue weighted by Crippen LogP contribution is -2.38. The molecule has 1 aromatic carbocycles. The van der Waals surface area contributed by atoms with Crippen LogP contribution < -0.4 is 15.1 Å². The van der Waals surface area contributed by atoms with Crippen LogP contribution in [0.25, 0.3) is 11.1 Å². The Kier molecular flexibility index (Phi) is 5.62. The summed E-state index contributed by atoms with van der Waals surface area (Å²) in [5.41, 5.74) is 6.06. The van der Waals surface area contributed by atoms with Gasteiger partial charge >= 0.3 is 0 Å². The van der Waals surface area contributed by atoms with Crippen molar-refractivity contribution in [2.75, 3.05) is 36.5 Å². The van der Waals surface area contributed by atoms with Crippen LogP contribution in [0.5, 0.6) is 0 Å². The maximum absolute atomic E-state index is 11.3. The number of benzene rings is 1. The van der Waals surface area contributed by atoms with E-state index in [0.29, 0.717) is 6.04 Å². The number of rotatable bonds is 6. The number of aryl methyl sites for hydroxylation is 1. The monoisotopic (exact) mass is 378 g/mol. The molecule has 1 aromatic heterocycles. The fraction of sp³-hybridized carbons (Fsp3) is 0.478. The second-order valence-electron chi connectivity index (χ2n) is 7.93. The maximum Gasteiger partial charge on any atom is 0.142 e. The summed E-state index contributed by atoms with van der Waals surface area (Å²) in [5.74, 6) is 0. The Morgan fingerprint density at radius 2 is 2.11 bits per heavy atom. The highest BCUT2D eigenvalue weighted by atomic mass is 16.1. The van der Waals surface area contributed by atoms with Gasteiger partial charge in [-0.05, 0) is 61.6 Å². The molecule has 3 heterocycles. The predicted molar refractivity (Wildman–Crippen MR) is 115 cm³/mol. The van der Waals surface area contributed by atoms with Gasteiger partial charge in [0.1, 0.15) is 6.29 Å². The smallest absolute Gasteiger partial charge is 0.142 e. The zero-order valence-electron chi connectivity index (χ0n) is 16.9. The van der Waals surface area contributed by atoms with Crippen molar-refractivity contribution in [3.63, 3.8) is 0 Å². The first-order valence-corrected chi connectivity index (χ1v) is 10.4. The number of nitrogens with zero attached hydrogens (tertiary/aromatic N) is 3. The first kappa shape index (κ1) is 18.9. The van der Waals surface area contributed by atoms with Crippen molar-refractivity contribution >= 4 is 17.7 Å². The molecule has 0 amide bonds. The fourth-order valence-electron chi connectivity index (χ4n) is 4.59. The van der Waals surface area contributed by atoms with E-state index >= 15 is 0 Å². The summed E-state index contributed by atoms with van der Waals surface area (Å²) in [6, 6.07) is 9.40. The average Bonchev–Trinajstić information content (AvgIpc) is 3.21. The van der Waals surface area contributed by atoms with E-state index in [2.05, 4.69) is 51.3 Å². The Bertz CT molecular complexity index is 837. The van der Waals surface area contributed by atoms with Gasteiger partial charge in [0.2, 0.25) is 0 Å². The van der Waals surface area contributed by atoms with Gasteiger partial charge < -0.3 is 19.9 Å². The predicted octanol–water partition coefficient (Wildman–Crippen LogP) is 3.28. The molecule has 0 saturated carbocycles. The van der Waals surface area contributed by atoms with Crippen molar-refractivity contribution in [3.8, 4) is 11.1 Å². The number of aromatic nitrogens is 1. The van der Waals surface area contributed by atoms with Gasteiger partial charge in [-0.15, -0.1) is 0 Å². The van der Waals surface area contributed by atoms with Gasteiger partial charge in [0.15, 0.2) is 0 Å². The fourth-order valence-corrected chi connectivity index (χ4v) is 4.59. The maximum atomic E-state index is 11.3. The summed E-state index contributed by atoms with van der Waals surface area (Å²) in [5, 5.41) is 3.49. The van der Waals surface area contributed by atoms with Gasteiger partial charge in [-0.1, -0.05) is 13.0 Å². The molecule has 1 N–H and O–H groups in total. The molecule has 0 bridgehead atoms. The molecule has 1 fully saturated rings. The third kappa shape index (κ3) is 3.63. The van der Waals surface area contributed by atoms with Gasteiger partial charge in [0.25, 0.3) is 0 Å².